The predicted octanol–water partition coefficient (Wildman–Crippen LogP) is -8.28. The predicted molar refractivity (Wildman–Crippen MR) is 17.3 cm³/mol. The third kappa shape index (κ3) is 196. The maximum atomic E-state index is 8.42. The molecule has 0 aliphatic heterocycles. The summed E-state index contributed by atoms with van der Waals surface area (Å²) in [6.07, 6.45) is 0. The van der Waals surface area contributed by atoms with Crippen LogP contribution in [0.4, 0.5) is 0 Å². The van der Waals surface area contributed by atoms with E-state index >= 15 is 0 Å². The van der Waals surface area contributed by atoms with Crippen LogP contribution in [0.2, 0.25) is 0 Å². The Hall–Kier alpha value is 2.05. The summed E-state index contributed by atoms with van der Waals surface area (Å²) in [6.45, 7) is 0. The standard InChI is InChI=1S/2BO3.In.Tb/c2*2-1(3)4;;/q2*-3;2*+3. The van der Waals surface area contributed by atoms with Crippen LogP contribution in [0, 0.1) is 38.6 Å². The van der Waals surface area contributed by atoms with E-state index in [1.165, 1.54) is 0 Å². The molecule has 10 heavy (non-hydrogen) atoms. The van der Waals surface area contributed by atoms with Crippen LogP contribution in [0.3, 0.4) is 0 Å². The molecule has 10 heteroatoms. The van der Waals surface area contributed by atoms with Gasteiger partial charge in [-0.2, -0.15) is 0 Å². The molecular formula is B2InO6Tb. The van der Waals surface area contributed by atoms with Crippen LogP contribution in [0.15, 0.2) is 0 Å². The minimum Gasteiger partial charge on any atom is -0.907 e. The molecular weight excluding hydrogens is 391 g/mol. The minimum absolute atomic E-state index is 0. The van der Waals surface area contributed by atoms with E-state index < -0.39 is 14.6 Å². The summed E-state index contributed by atoms with van der Waals surface area (Å²) in [5.74, 6) is 0. The van der Waals surface area contributed by atoms with E-state index in [4.69, 9.17) is 30.1 Å². The summed E-state index contributed by atoms with van der Waals surface area (Å²) in [7, 11) is -5.83. The Labute approximate surface area is 108 Å². The molecule has 0 amide bonds. The van der Waals surface area contributed by atoms with Gasteiger partial charge in [0.2, 0.25) is 0 Å². The molecule has 0 saturated carbocycles. The van der Waals surface area contributed by atoms with Crippen molar-refractivity contribution in [1.29, 1.82) is 0 Å². The number of hydrogen-bond donors (Lipinski definition) is 0. The van der Waals surface area contributed by atoms with Gasteiger partial charge in [-0.1, -0.05) is 0 Å². The van der Waals surface area contributed by atoms with Crippen LogP contribution in [0.5, 0.6) is 0 Å². The van der Waals surface area contributed by atoms with Gasteiger partial charge in [0, 0.05) is 0 Å². The van der Waals surface area contributed by atoms with Crippen LogP contribution in [-0.2, 0) is 0 Å². The summed E-state index contributed by atoms with van der Waals surface area (Å²) in [5, 5.41) is 50.5. The van der Waals surface area contributed by atoms with Crippen molar-refractivity contribution in [3.05, 3.63) is 0 Å². The van der Waals surface area contributed by atoms with Gasteiger partial charge in [-0.3, -0.25) is 14.6 Å². The second-order valence-corrected chi connectivity index (χ2v) is 0.577. The van der Waals surface area contributed by atoms with Gasteiger partial charge < -0.3 is 30.1 Å². The molecule has 6 nitrogen and oxygen atoms in total. The van der Waals surface area contributed by atoms with Crippen molar-refractivity contribution in [3.8, 4) is 0 Å². The fourth-order valence-electron chi connectivity index (χ4n) is 0. The van der Waals surface area contributed by atoms with Gasteiger partial charge in [0.15, 0.2) is 0 Å². The van der Waals surface area contributed by atoms with Gasteiger partial charge in [-0.25, -0.2) is 0 Å². The molecule has 0 rings (SSSR count). The van der Waals surface area contributed by atoms with Crippen LogP contribution < -0.4 is 30.1 Å². The van der Waals surface area contributed by atoms with Gasteiger partial charge in [0.1, 0.15) is 0 Å². The second kappa shape index (κ2) is 17.2. The van der Waals surface area contributed by atoms with E-state index in [0.29, 0.717) is 0 Å². The molecule has 0 unspecified atom stereocenters. The summed E-state index contributed by atoms with van der Waals surface area (Å²) in [6, 6.07) is 0. The van der Waals surface area contributed by atoms with Crippen LogP contribution >= 0.6 is 0 Å². The Morgan fingerprint density at radius 3 is 0.600 bits per heavy atom. The largest absolute Gasteiger partial charge is 3.00 e. The quantitative estimate of drug-likeness (QED) is 0.376. The molecule has 0 fully saturated rings. The maximum Gasteiger partial charge on any atom is 3.00 e. The van der Waals surface area contributed by atoms with Gasteiger partial charge in [0.05, 0.1) is 0 Å². The summed E-state index contributed by atoms with van der Waals surface area (Å²) < 4.78 is 0. The molecule has 0 spiro atoms. The van der Waals surface area contributed by atoms with E-state index in [0.717, 1.165) is 0 Å². The van der Waals surface area contributed by atoms with E-state index in [1.807, 2.05) is 0 Å². The molecule has 0 N–H and O–H groups in total. The number of hydrogen-bond acceptors (Lipinski definition) is 6. The van der Waals surface area contributed by atoms with Crippen molar-refractivity contribution in [2.24, 2.45) is 0 Å². The molecule has 0 aromatic rings. The van der Waals surface area contributed by atoms with Crippen LogP contribution in [-0.4, -0.2) is 40.5 Å². The number of rotatable bonds is 0. The van der Waals surface area contributed by atoms with Crippen molar-refractivity contribution in [2.75, 3.05) is 0 Å². The zero-order valence-electron chi connectivity index (χ0n) is 4.51. The smallest absolute Gasteiger partial charge is 0.907 e. The topological polar surface area (TPSA) is 138 Å². The zero-order valence-corrected chi connectivity index (χ0v) is 9.95. The molecule has 0 atom stereocenters. The van der Waals surface area contributed by atoms with E-state index in [2.05, 4.69) is 0 Å². The molecule has 0 heterocycles. The van der Waals surface area contributed by atoms with Gasteiger partial charge in [0.25, 0.3) is 0 Å². The third-order valence-electron chi connectivity index (χ3n) is 0. The van der Waals surface area contributed by atoms with E-state index in [9.17, 15) is 0 Å². The molecule has 0 saturated heterocycles. The fourth-order valence-corrected chi connectivity index (χ4v) is 0. The van der Waals surface area contributed by atoms with Gasteiger partial charge >= 0.3 is 64.5 Å². The first-order valence-electron chi connectivity index (χ1n) is 1.41. The summed E-state index contributed by atoms with van der Waals surface area (Å²) in [5.41, 5.74) is 0. The molecule has 0 aromatic carbocycles. The van der Waals surface area contributed by atoms with Crippen molar-refractivity contribution in [2.45, 2.75) is 0 Å². The Balaban J connectivity index is -0.0000000300. The second-order valence-electron chi connectivity index (χ2n) is 0.577. The first-order valence-corrected chi connectivity index (χ1v) is 1.41. The molecule has 0 aromatic heterocycles. The maximum absolute atomic E-state index is 8.42. The summed E-state index contributed by atoms with van der Waals surface area (Å²) in [4.78, 5) is 0. The van der Waals surface area contributed by atoms with E-state index in [-0.39, 0.29) is 64.5 Å². The van der Waals surface area contributed by atoms with Crippen molar-refractivity contribution >= 4 is 40.5 Å². The van der Waals surface area contributed by atoms with Crippen molar-refractivity contribution in [1.82, 2.24) is 0 Å². The van der Waals surface area contributed by atoms with Crippen LogP contribution in [0.25, 0.3) is 0 Å². The minimum atomic E-state index is -2.92. The Kier molecular flexibility index (Phi) is 39.1. The first-order chi connectivity index (χ1) is 3.46. The fraction of sp³-hybridized carbons (Fsp3) is 0. The normalized spacial score (nSPS) is 5.40. The average Bonchev–Trinajstić information content (AvgIpc) is 1.25. The average molecular weight is 391 g/mol. The van der Waals surface area contributed by atoms with Crippen molar-refractivity contribution in [3.63, 3.8) is 0 Å². The third-order valence-corrected chi connectivity index (χ3v) is 0. The SMILES string of the molecule is [In+3].[O-]B([O-])[O-].[O-]B([O-])[O-].[Tb+3]. The van der Waals surface area contributed by atoms with Gasteiger partial charge in [-0.15, -0.1) is 0 Å². The zero-order chi connectivity index (χ0) is 7.15. The van der Waals surface area contributed by atoms with E-state index in [1.54, 1.807) is 0 Å². The Bertz CT molecular complexity index is 31.2. The molecule has 54 valence electrons. The monoisotopic (exact) mass is 392 g/mol. The molecule has 0 aliphatic carbocycles. The molecule has 0 aliphatic rings. The first kappa shape index (κ1) is 22.7. The molecule has 0 radical (unpaired) electrons. The molecule has 0 bridgehead atoms. The van der Waals surface area contributed by atoms with Crippen molar-refractivity contribution < 1.29 is 68.8 Å². The van der Waals surface area contributed by atoms with Crippen LogP contribution in [0.1, 0.15) is 0 Å². The summed E-state index contributed by atoms with van der Waals surface area (Å²) >= 11 is 0. The van der Waals surface area contributed by atoms with Gasteiger partial charge in [-0.05, 0) is 0 Å². The Morgan fingerprint density at radius 2 is 0.600 bits per heavy atom. The Morgan fingerprint density at radius 1 is 0.600 bits per heavy atom.